The predicted octanol–water partition coefficient (Wildman–Crippen LogP) is 2.06. The van der Waals surface area contributed by atoms with E-state index in [-0.39, 0.29) is 5.92 Å². The molecule has 5 heteroatoms. The molecule has 1 aliphatic rings. The van der Waals surface area contributed by atoms with Gasteiger partial charge in [0.05, 0.1) is 0 Å². The summed E-state index contributed by atoms with van der Waals surface area (Å²) >= 11 is 0. The summed E-state index contributed by atoms with van der Waals surface area (Å²) in [6, 6.07) is 8.44. The molecule has 1 aliphatic carbocycles. The van der Waals surface area contributed by atoms with Crippen molar-refractivity contribution in [3.63, 3.8) is 0 Å². The summed E-state index contributed by atoms with van der Waals surface area (Å²) < 4.78 is 0. The van der Waals surface area contributed by atoms with Crippen molar-refractivity contribution in [2.75, 3.05) is 5.32 Å². The highest BCUT2D eigenvalue weighted by Crippen LogP contribution is 2.39. The van der Waals surface area contributed by atoms with Crippen LogP contribution in [0.15, 0.2) is 30.3 Å². The summed E-state index contributed by atoms with van der Waals surface area (Å²) in [6.45, 7) is 1.55. The standard InChI is InChI=1S/C13H16N2O3/c1-13(11(16)17,9-7-8-9)15-12(18)14-10-5-3-2-4-6-10/h2-6,9H,7-8H2,1H3,(H,16,17)(H2,14,15,18). The highest BCUT2D eigenvalue weighted by atomic mass is 16.4. The summed E-state index contributed by atoms with van der Waals surface area (Å²) in [7, 11) is 0. The van der Waals surface area contributed by atoms with Crippen molar-refractivity contribution in [3.05, 3.63) is 30.3 Å². The van der Waals surface area contributed by atoms with Crippen LogP contribution in [0.1, 0.15) is 19.8 Å². The maximum atomic E-state index is 11.8. The fourth-order valence-corrected chi connectivity index (χ4v) is 1.91. The Morgan fingerprint density at radius 2 is 1.89 bits per heavy atom. The topological polar surface area (TPSA) is 78.4 Å². The summed E-state index contributed by atoms with van der Waals surface area (Å²) in [6.07, 6.45) is 1.68. The Morgan fingerprint density at radius 1 is 1.28 bits per heavy atom. The van der Waals surface area contributed by atoms with Gasteiger partial charge in [-0.15, -0.1) is 0 Å². The highest BCUT2D eigenvalue weighted by Gasteiger charge is 2.48. The number of nitrogens with one attached hydrogen (secondary N) is 2. The first-order chi connectivity index (χ1) is 8.52. The van der Waals surface area contributed by atoms with Gasteiger partial charge in [-0.2, -0.15) is 0 Å². The van der Waals surface area contributed by atoms with E-state index in [1.165, 1.54) is 0 Å². The van der Waals surface area contributed by atoms with Gasteiger partial charge in [0.2, 0.25) is 0 Å². The number of urea groups is 1. The van der Waals surface area contributed by atoms with Crippen molar-refractivity contribution < 1.29 is 14.7 Å². The number of carbonyl (C=O) groups excluding carboxylic acids is 1. The van der Waals surface area contributed by atoms with E-state index < -0.39 is 17.5 Å². The van der Waals surface area contributed by atoms with E-state index in [1.807, 2.05) is 6.07 Å². The van der Waals surface area contributed by atoms with Crippen molar-refractivity contribution in [2.24, 2.45) is 5.92 Å². The SMILES string of the molecule is CC(NC(=O)Nc1ccccc1)(C(=O)O)C1CC1. The molecular formula is C13H16N2O3. The molecule has 2 rings (SSSR count). The van der Waals surface area contributed by atoms with Crippen LogP contribution < -0.4 is 10.6 Å². The molecule has 1 aromatic rings. The summed E-state index contributed by atoms with van der Waals surface area (Å²) in [5, 5.41) is 14.4. The van der Waals surface area contributed by atoms with Crippen LogP contribution in [-0.4, -0.2) is 22.6 Å². The van der Waals surface area contributed by atoms with E-state index >= 15 is 0 Å². The summed E-state index contributed by atoms with van der Waals surface area (Å²) in [5.74, 6) is -0.968. The average molecular weight is 248 g/mol. The first-order valence-corrected chi connectivity index (χ1v) is 5.90. The van der Waals surface area contributed by atoms with Gasteiger partial charge in [-0.25, -0.2) is 9.59 Å². The number of carbonyl (C=O) groups is 2. The van der Waals surface area contributed by atoms with Crippen LogP contribution in [-0.2, 0) is 4.79 Å². The second-order valence-corrected chi connectivity index (χ2v) is 4.73. The molecule has 0 saturated heterocycles. The third-order valence-corrected chi connectivity index (χ3v) is 3.24. The van der Waals surface area contributed by atoms with Gasteiger partial charge in [0.25, 0.3) is 0 Å². The van der Waals surface area contributed by atoms with Gasteiger partial charge in [-0.1, -0.05) is 18.2 Å². The quantitative estimate of drug-likeness (QED) is 0.763. The number of carboxylic acid groups (broad SMARTS) is 1. The molecule has 1 unspecified atom stereocenters. The van der Waals surface area contributed by atoms with Crippen molar-refractivity contribution >= 4 is 17.7 Å². The lowest BCUT2D eigenvalue weighted by molar-refractivity contribution is -0.144. The van der Waals surface area contributed by atoms with Crippen molar-refractivity contribution in [1.29, 1.82) is 0 Å². The minimum atomic E-state index is -1.18. The van der Waals surface area contributed by atoms with Gasteiger partial charge in [0.1, 0.15) is 5.54 Å². The molecule has 1 atom stereocenters. The molecule has 96 valence electrons. The van der Waals surface area contributed by atoms with E-state index in [0.29, 0.717) is 5.69 Å². The van der Waals surface area contributed by atoms with E-state index in [0.717, 1.165) is 12.8 Å². The third-order valence-electron chi connectivity index (χ3n) is 3.24. The minimum absolute atomic E-state index is 0.0246. The van der Waals surface area contributed by atoms with Crippen LogP contribution in [0.2, 0.25) is 0 Å². The number of hydrogen-bond donors (Lipinski definition) is 3. The van der Waals surface area contributed by atoms with E-state index in [4.69, 9.17) is 0 Å². The fraction of sp³-hybridized carbons (Fsp3) is 0.385. The Bertz CT molecular complexity index is 457. The molecule has 18 heavy (non-hydrogen) atoms. The average Bonchev–Trinajstić information content (AvgIpc) is 3.13. The lowest BCUT2D eigenvalue weighted by Crippen LogP contribution is -2.55. The smallest absolute Gasteiger partial charge is 0.329 e. The largest absolute Gasteiger partial charge is 0.480 e. The number of para-hydroxylation sites is 1. The van der Waals surface area contributed by atoms with Crippen molar-refractivity contribution in [3.8, 4) is 0 Å². The van der Waals surface area contributed by atoms with Crippen molar-refractivity contribution in [2.45, 2.75) is 25.3 Å². The van der Waals surface area contributed by atoms with Gasteiger partial charge in [-0.05, 0) is 37.8 Å². The third kappa shape index (κ3) is 2.61. The first-order valence-electron chi connectivity index (χ1n) is 5.90. The number of anilines is 1. The Morgan fingerprint density at radius 3 is 2.39 bits per heavy atom. The van der Waals surface area contributed by atoms with Gasteiger partial charge < -0.3 is 15.7 Å². The Labute approximate surface area is 105 Å². The normalized spacial score (nSPS) is 17.6. The molecule has 0 radical (unpaired) electrons. The fourth-order valence-electron chi connectivity index (χ4n) is 1.91. The highest BCUT2D eigenvalue weighted by molar-refractivity contribution is 5.94. The molecule has 1 aromatic carbocycles. The number of benzene rings is 1. The number of carboxylic acids is 1. The maximum Gasteiger partial charge on any atom is 0.329 e. The second-order valence-electron chi connectivity index (χ2n) is 4.73. The Hall–Kier alpha value is -2.04. The summed E-state index contributed by atoms with van der Waals surface area (Å²) in [4.78, 5) is 23.0. The molecule has 0 spiro atoms. The monoisotopic (exact) mass is 248 g/mol. The molecule has 1 saturated carbocycles. The van der Waals surface area contributed by atoms with Gasteiger partial charge in [0, 0.05) is 5.69 Å². The lowest BCUT2D eigenvalue weighted by Gasteiger charge is -2.26. The van der Waals surface area contributed by atoms with Crippen LogP contribution in [0, 0.1) is 5.92 Å². The predicted molar refractivity (Wildman–Crippen MR) is 67.4 cm³/mol. The zero-order valence-electron chi connectivity index (χ0n) is 10.1. The molecular weight excluding hydrogens is 232 g/mol. The molecule has 0 bridgehead atoms. The zero-order valence-corrected chi connectivity index (χ0v) is 10.1. The number of hydrogen-bond acceptors (Lipinski definition) is 2. The van der Waals surface area contributed by atoms with E-state index in [9.17, 15) is 14.7 Å². The van der Waals surface area contributed by atoms with Gasteiger partial charge in [0.15, 0.2) is 0 Å². The first kappa shape index (κ1) is 12.4. The second kappa shape index (κ2) is 4.68. The number of aliphatic carboxylic acids is 1. The van der Waals surface area contributed by atoms with Crippen LogP contribution in [0.5, 0.6) is 0 Å². The Balaban J connectivity index is 2.00. The molecule has 0 aliphatic heterocycles. The summed E-state index contributed by atoms with van der Waals surface area (Å²) in [5.41, 5.74) is -0.544. The Kier molecular flexibility index (Phi) is 3.23. The molecule has 3 N–H and O–H groups in total. The number of rotatable bonds is 4. The van der Waals surface area contributed by atoms with Gasteiger partial charge >= 0.3 is 12.0 Å². The van der Waals surface area contributed by atoms with Crippen LogP contribution in [0.25, 0.3) is 0 Å². The van der Waals surface area contributed by atoms with Crippen molar-refractivity contribution in [1.82, 2.24) is 5.32 Å². The molecule has 1 fully saturated rings. The number of amides is 2. The maximum absolute atomic E-state index is 11.8. The van der Waals surface area contributed by atoms with Crippen LogP contribution >= 0.6 is 0 Å². The molecule has 5 nitrogen and oxygen atoms in total. The van der Waals surface area contributed by atoms with E-state index in [1.54, 1.807) is 31.2 Å². The molecule has 0 heterocycles. The molecule has 2 amide bonds. The molecule has 0 aromatic heterocycles. The van der Waals surface area contributed by atoms with E-state index in [2.05, 4.69) is 10.6 Å². The van der Waals surface area contributed by atoms with Crippen LogP contribution in [0.3, 0.4) is 0 Å². The van der Waals surface area contributed by atoms with Gasteiger partial charge in [-0.3, -0.25) is 0 Å². The lowest BCUT2D eigenvalue weighted by atomic mass is 9.96. The zero-order chi connectivity index (χ0) is 13.2. The minimum Gasteiger partial charge on any atom is -0.480 e. The van der Waals surface area contributed by atoms with Crippen LogP contribution in [0.4, 0.5) is 10.5 Å².